The summed E-state index contributed by atoms with van der Waals surface area (Å²) < 4.78 is 1.55. The first kappa shape index (κ1) is 15.2. The highest BCUT2D eigenvalue weighted by Gasteiger charge is 2.12. The predicted octanol–water partition coefficient (Wildman–Crippen LogP) is 2.78. The van der Waals surface area contributed by atoms with E-state index in [1.54, 1.807) is 28.8 Å². The van der Waals surface area contributed by atoms with Gasteiger partial charge >= 0.3 is 5.97 Å². The van der Waals surface area contributed by atoms with E-state index in [1.165, 1.54) is 12.4 Å². The summed E-state index contributed by atoms with van der Waals surface area (Å²) in [7, 11) is 0. The summed E-state index contributed by atoms with van der Waals surface area (Å²) in [5.41, 5.74) is 2.24. The van der Waals surface area contributed by atoms with Crippen molar-refractivity contribution in [2.75, 3.05) is 0 Å². The summed E-state index contributed by atoms with van der Waals surface area (Å²) in [6.07, 6.45) is 1.43. The summed E-state index contributed by atoms with van der Waals surface area (Å²) >= 11 is 5.89. The summed E-state index contributed by atoms with van der Waals surface area (Å²) in [6.45, 7) is -0.298. The molecule has 7 heteroatoms. The molecule has 1 aromatic heterocycles. The number of rotatable bonds is 4. The lowest BCUT2D eigenvalue weighted by molar-refractivity contribution is 0.0697. The van der Waals surface area contributed by atoms with E-state index in [-0.39, 0.29) is 12.2 Å². The number of hydrogen-bond acceptors (Lipinski definition) is 4. The largest absolute Gasteiger partial charge is 0.478 e. The van der Waals surface area contributed by atoms with Gasteiger partial charge in [0.05, 0.1) is 5.56 Å². The highest BCUT2D eigenvalue weighted by molar-refractivity contribution is 6.30. The van der Waals surface area contributed by atoms with Crippen LogP contribution in [-0.2, 0) is 6.61 Å². The van der Waals surface area contributed by atoms with Gasteiger partial charge in [-0.25, -0.2) is 4.79 Å². The zero-order chi connectivity index (χ0) is 16.4. The summed E-state index contributed by atoms with van der Waals surface area (Å²) in [5.74, 6) is -0.713. The van der Waals surface area contributed by atoms with Gasteiger partial charge in [0.25, 0.3) is 0 Å². The number of carboxylic acid groups (broad SMARTS) is 1. The van der Waals surface area contributed by atoms with Gasteiger partial charge in [0.1, 0.15) is 12.9 Å². The van der Waals surface area contributed by atoms with Gasteiger partial charge in [-0.3, -0.25) is 4.57 Å². The number of aliphatic hydroxyl groups is 1. The van der Waals surface area contributed by atoms with E-state index in [9.17, 15) is 15.0 Å². The van der Waals surface area contributed by atoms with Crippen LogP contribution in [0, 0.1) is 0 Å². The fraction of sp³-hybridized carbons (Fsp3) is 0.0625. The molecule has 3 rings (SSSR count). The minimum Gasteiger partial charge on any atom is -0.478 e. The lowest BCUT2D eigenvalue weighted by Crippen LogP contribution is -2.04. The number of benzene rings is 2. The van der Waals surface area contributed by atoms with E-state index in [4.69, 9.17) is 11.6 Å². The van der Waals surface area contributed by atoms with Gasteiger partial charge in [0, 0.05) is 10.7 Å². The molecule has 0 spiro atoms. The first-order chi connectivity index (χ1) is 11.1. The SMILES string of the molecule is O=C(O)c1cc(-c2ccc(Cl)cc2)cc(-n2cnnc2CO)c1. The molecule has 0 bridgehead atoms. The van der Waals surface area contributed by atoms with Crippen molar-refractivity contribution in [1.29, 1.82) is 0 Å². The Morgan fingerprint density at radius 3 is 2.52 bits per heavy atom. The lowest BCUT2D eigenvalue weighted by atomic mass is 10.0. The summed E-state index contributed by atoms with van der Waals surface area (Å²) in [5, 5.41) is 26.8. The van der Waals surface area contributed by atoms with E-state index in [0.29, 0.717) is 22.1 Å². The Kier molecular flexibility index (Phi) is 4.10. The molecule has 0 fully saturated rings. The highest BCUT2D eigenvalue weighted by Crippen LogP contribution is 2.26. The molecule has 1 heterocycles. The molecular weight excluding hydrogens is 318 g/mol. The van der Waals surface area contributed by atoms with Crippen molar-refractivity contribution in [1.82, 2.24) is 14.8 Å². The second kappa shape index (κ2) is 6.20. The maximum atomic E-state index is 11.4. The van der Waals surface area contributed by atoms with E-state index < -0.39 is 5.97 Å². The van der Waals surface area contributed by atoms with Crippen molar-refractivity contribution >= 4 is 17.6 Å². The fourth-order valence-electron chi connectivity index (χ4n) is 2.27. The molecule has 116 valence electrons. The van der Waals surface area contributed by atoms with Crippen LogP contribution in [0.25, 0.3) is 16.8 Å². The third-order valence-corrected chi connectivity index (χ3v) is 3.63. The van der Waals surface area contributed by atoms with Crippen LogP contribution in [0.2, 0.25) is 5.02 Å². The van der Waals surface area contributed by atoms with E-state index >= 15 is 0 Å². The predicted molar refractivity (Wildman–Crippen MR) is 84.7 cm³/mol. The topological polar surface area (TPSA) is 88.2 Å². The van der Waals surface area contributed by atoms with Crippen LogP contribution in [0.15, 0.2) is 48.8 Å². The molecule has 0 saturated heterocycles. The number of carbonyl (C=O) groups is 1. The minimum atomic E-state index is -1.04. The number of aromatic nitrogens is 3. The molecule has 0 atom stereocenters. The van der Waals surface area contributed by atoms with Gasteiger partial charge < -0.3 is 10.2 Å². The number of hydrogen-bond donors (Lipinski definition) is 2. The highest BCUT2D eigenvalue weighted by atomic mass is 35.5. The van der Waals surface area contributed by atoms with Gasteiger partial charge in [-0.2, -0.15) is 0 Å². The Balaban J connectivity index is 2.17. The second-order valence-corrected chi connectivity index (χ2v) is 5.29. The van der Waals surface area contributed by atoms with Crippen LogP contribution in [0.3, 0.4) is 0 Å². The molecule has 0 aliphatic heterocycles. The smallest absolute Gasteiger partial charge is 0.335 e. The first-order valence-electron chi connectivity index (χ1n) is 6.73. The summed E-state index contributed by atoms with van der Waals surface area (Å²) in [6, 6.07) is 12.0. The molecule has 6 nitrogen and oxygen atoms in total. The molecule has 0 amide bonds. The normalized spacial score (nSPS) is 10.7. The molecule has 2 N–H and O–H groups in total. The fourth-order valence-corrected chi connectivity index (χ4v) is 2.39. The second-order valence-electron chi connectivity index (χ2n) is 4.86. The van der Waals surface area contributed by atoms with Gasteiger partial charge in [-0.1, -0.05) is 23.7 Å². The Bertz CT molecular complexity index is 859. The maximum absolute atomic E-state index is 11.4. The van der Waals surface area contributed by atoms with E-state index in [1.807, 2.05) is 12.1 Å². The van der Waals surface area contributed by atoms with Crippen LogP contribution in [0.1, 0.15) is 16.2 Å². The number of aliphatic hydroxyl groups excluding tert-OH is 1. The quantitative estimate of drug-likeness (QED) is 0.768. The van der Waals surface area contributed by atoms with Crippen LogP contribution in [0.4, 0.5) is 0 Å². The monoisotopic (exact) mass is 329 g/mol. The van der Waals surface area contributed by atoms with Crippen molar-refractivity contribution in [2.45, 2.75) is 6.61 Å². The van der Waals surface area contributed by atoms with E-state index in [2.05, 4.69) is 10.2 Å². The number of nitrogens with zero attached hydrogens (tertiary/aromatic N) is 3. The first-order valence-corrected chi connectivity index (χ1v) is 7.11. The zero-order valence-corrected chi connectivity index (χ0v) is 12.6. The lowest BCUT2D eigenvalue weighted by Gasteiger charge is -2.10. The maximum Gasteiger partial charge on any atom is 0.335 e. The average molecular weight is 330 g/mol. The zero-order valence-electron chi connectivity index (χ0n) is 11.8. The minimum absolute atomic E-state index is 0.130. The van der Waals surface area contributed by atoms with Crippen LogP contribution in [0.5, 0.6) is 0 Å². The van der Waals surface area contributed by atoms with Crippen LogP contribution < -0.4 is 0 Å². The molecule has 3 aromatic rings. The van der Waals surface area contributed by atoms with Gasteiger partial charge in [-0.05, 0) is 41.5 Å². The molecule has 0 aliphatic rings. The molecule has 0 radical (unpaired) electrons. The van der Waals surface area contributed by atoms with Crippen LogP contribution >= 0.6 is 11.6 Å². The Morgan fingerprint density at radius 2 is 1.87 bits per heavy atom. The Hall–Kier alpha value is -2.70. The number of carboxylic acids is 1. The Labute approximate surface area is 136 Å². The van der Waals surface area contributed by atoms with E-state index in [0.717, 1.165) is 5.56 Å². The molecule has 0 saturated carbocycles. The molecule has 0 unspecified atom stereocenters. The average Bonchev–Trinajstić information content (AvgIpc) is 3.03. The van der Waals surface area contributed by atoms with Gasteiger partial charge in [0.15, 0.2) is 5.82 Å². The van der Waals surface area contributed by atoms with Crippen molar-refractivity contribution < 1.29 is 15.0 Å². The molecule has 2 aromatic carbocycles. The standard InChI is InChI=1S/C16H12ClN3O3/c17-13-3-1-10(2-4-13)11-5-12(16(22)23)7-14(6-11)20-9-18-19-15(20)8-21/h1-7,9,21H,8H2,(H,22,23). The third-order valence-electron chi connectivity index (χ3n) is 3.38. The van der Waals surface area contributed by atoms with Crippen LogP contribution in [-0.4, -0.2) is 30.9 Å². The van der Waals surface area contributed by atoms with Gasteiger partial charge in [0.2, 0.25) is 0 Å². The Morgan fingerprint density at radius 1 is 1.13 bits per heavy atom. The third kappa shape index (κ3) is 3.08. The van der Waals surface area contributed by atoms with Gasteiger partial charge in [-0.15, -0.1) is 10.2 Å². The molecule has 0 aliphatic carbocycles. The number of aromatic carboxylic acids is 1. The molecule has 23 heavy (non-hydrogen) atoms. The van der Waals surface area contributed by atoms with Crippen molar-refractivity contribution in [2.24, 2.45) is 0 Å². The molecular formula is C16H12ClN3O3. The number of halogens is 1. The summed E-state index contributed by atoms with van der Waals surface area (Å²) in [4.78, 5) is 11.4. The van der Waals surface area contributed by atoms with Crippen molar-refractivity contribution in [3.8, 4) is 16.8 Å². The van der Waals surface area contributed by atoms with Crippen molar-refractivity contribution in [3.05, 3.63) is 65.2 Å². The van der Waals surface area contributed by atoms with Crippen molar-refractivity contribution in [3.63, 3.8) is 0 Å².